The van der Waals surface area contributed by atoms with Crippen LogP contribution in [0, 0.1) is 5.92 Å². The van der Waals surface area contributed by atoms with E-state index in [2.05, 4.69) is 5.32 Å². The van der Waals surface area contributed by atoms with Crippen molar-refractivity contribution in [1.29, 1.82) is 0 Å². The van der Waals surface area contributed by atoms with Crippen LogP contribution in [-0.2, 0) is 14.3 Å². The molecule has 0 unspecified atom stereocenters. The molecule has 1 rings (SSSR count). The summed E-state index contributed by atoms with van der Waals surface area (Å²) < 4.78 is 5.45. The first-order chi connectivity index (χ1) is 9.19. The van der Waals surface area contributed by atoms with E-state index in [0.29, 0.717) is 0 Å². The van der Waals surface area contributed by atoms with E-state index >= 15 is 0 Å². The molecule has 1 fully saturated rings. The summed E-state index contributed by atoms with van der Waals surface area (Å²) in [7, 11) is 0. The van der Waals surface area contributed by atoms with Crippen LogP contribution in [0.25, 0.3) is 0 Å². The van der Waals surface area contributed by atoms with Gasteiger partial charge in [0.15, 0.2) is 0 Å². The second kappa shape index (κ2) is 7.07. The number of nitrogens with zero attached hydrogens (tertiary/aromatic N) is 1. The van der Waals surface area contributed by atoms with Crippen molar-refractivity contribution in [3.63, 3.8) is 0 Å². The molecule has 0 aromatic rings. The molecular weight excluding hydrogens is 256 g/mol. The van der Waals surface area contributed by atoms with Crippen LogP contribution in [0.2, 0.25) is 0 Å². The Bertz CT molecular complexity index is 340. The number of piperidine rings is 1. The SMILES string of the molecule is CC(C)C(=O)N1CCC(NC(=O)COC(C)(C)C)CC1. The molecule has 0 aliphatic carbocycles. The monoisotopic (exact) mass is 284 g/mol. The van der Waals surface area contributed by atoms with E-state index < -0.39 is 0 Å². The van der Waals surface area contributed by atoms with E-state index in [-0.39, 0.29) is 36.0 Å². The first-order valence-electron chi connectivity index (χ1n) is 7.41. The summed E-state index contributed by atoms with van der Waals surface area (Å²) in [5.74, 6) is 0.167. The van der Waals surface area contributed by atoms with Crippen LogP contribution in [-0.4, -0.2) is 48.1 Å². The summed E-state index contributed by atoms with van der Waals surface area (Å²) in [4.78, 5) is 25.5. The van der Waals surface area contributed by atoms with Crippen LogP contribution in [0.4, 0.5) is 0 Å². The normalized spacial score (nSPS) is 17.4. The molecule has 5 nitrogen and oxygen atoms in total. The van der Waals surface area contributed by atoms with Crippen LogP contribution >= 0.6 is 0 Å². The zero-order chi connectivity index (χ0) is 15.3. The van der Waals surface area contributed by atoms with Gasteiger partial charge >= 0.3 is 0 Å². The van der Waals surface area contributed by atoms with Crippen LogP contribution in [0.3, 0.4) is 0 Å². The Morgan fingerprint density at radius 3 is 2.25 bits per heavy atom. The lowest BCUT2D eigenvalue weighted by molar-refractivity contribution is -0.136. The Labute approximate surface area is 122 Å². The maximum Gasteiger partial charge on any atom is 0.246 e. The van der Waals surface area contributed by atoms with Gasteiger partial charge in [-0.25, -0.2) is 0 Å². The number of rotatable bonds is 4. The van der Waals surface area contributed by atoms with E-state index in [1.165, 1.54) is 0 Å². The third-order valence-electron chi connectivity index (χ3n) is 3.30. The van der Waals surface area contributed by atoms with E-state index in [4.69, 9.17) is 4.74 Å². The standard InChI is InChI=1S/C15H28N2O3/c1-11(2)14(19)17-8-6-12(7-9-17)16-13(18)10-20-15(3,4)5/h11-12H,6-10H2,1-5H3,(H,16,18). The van der Waals surface area contributed by atoms with Crippen LogP contribution in [0.5, 0.6) is 0 Å². The van der Waals surface area contributed by atoms with Gasteiger partial charge in [-0.1, -0.05) is 13.8 Å². The van der Waals surface area contributed by atoms with Gasteiger partial charge in [0.2, 0.25) is 11.8 Å². The minimum Gasteiger partial charge on any atom is -0.366 e. The molecule has 0 radical (unpaired) electrons. The maximum absolute atomic E-state index is 11.9. The molecule has 1 heterocycles. The maximum atomic E-state index is 11.9. The van der Waals surface area contributed by atoms with E-state index in [0.717, 1.165) is 25.9 Å². The van der Waals surface area contributed by atoms with Gasteiger partial charge in [-0.2, -0.15) is 0 Å². The van der Waals surface area contributed by atoms with Crippen molar-refractivity contribution < 1.29 is 14.3 Å². The van der Waals surface area contributed by atoms with Gasteiger partial charge in [0.1, 0.15) is 6.61 Å². The predicted octanol–water partition coefficient (Wildman–Crippen LogP) is 1.56. The highest BCUT2D eigenvalue weighted by Crippen LogP contribution is 2.13. The number of carbonyl (C=O) groups is 2. The molecule has 0 bridgehead atoms. The Kier molecular flexibility index (Phi) is 5.99. The number of ether oxygens (including phenoxy) is 1. The van der Waals surface area contributed by atoms with Crippen molar-refractivity contribution in [2.45, 2.75) is 59.1 Å². The molecule has 0 atom stereocenters. The summed E-state index contributed by atoms with van der Waals surface area (Å²) in [5, 5.41) is 2.98. The number of carbonyl (C=O) groups excluding carboxylic acids is 2. The molecule has 0 saturated carbocycles. The number of likely N-dealkylation sites (tertiary alicyclic amines) is 1. The lowest BCUT2D eigenvalue weighted by atomic mass is 10.0. The highest BCUT2D eigenvalue weighted by atomic mass is 16.5. The molecule has 5 heteroatoms. The van der Waals surface area contributed by atoms with Crippen LogP contribution in [0.1, 0.15) is 47.5 Å². The summed E-state index contributed by atoms with van der Waals surface area (Å²) in [6.45, 7) is 11.2. The third-order valence-corrected chi connectivity index (χ3v) is 3.30. The number of amides is 2. The molecular formula is C15H28N2O3. The van der Waals surface area contributed by atoms with Gasteiger partial charge in [0, 0.05) is 25.0 Å². The molecule has 20 heavy (non-hydrogen) atoms. The largest absolute Gasteiger partial charge is 0.366 e. The van der Waals surface area contributed by atoms with Gasteiger partial charge in [0.25, 0.3) is 0 Å². The second-order valence-corrected chi connectivity index (χ2v) is 6.72. The second-order valence-electron chi connectivity index (χ2n) is 6.72. The average molecular weight is 284 g/mol. The van der Waals surface area contributed by atoms with Gasteiger partial charge < -0.3 is 15.0 Å². The van der Waals surface area contributed by atoms with Crippen LogP contribution in [0.15, 0.2) is 0 Å². The number of hydrogen-bond donors (Lipinski definition) is 1. The van der Waals surface area contributed by atoms with Crippen molar-refractivity contribution in [2.24, 2.45) is 5.92 Å². The summed E-state index contributed by atoms with van der Waals surface area (Å²) in [5.41, 5.74) is -0.301. The number of nitrogens with one attached hydrogen (secondary N) is 1. The zero-order valence-electron chi connectivity index (χ0n) is 13.4. The highest BCUT2D eigenvalue weighted by Gasteiger charge is 2.25. The van der Waals surface area contributed by atoms with Gasteiger partial charge in [-0.05, 0) is 33.6 Å². The van der Waals surface area contributed by atoms with Crippen molar-refractivity contribution >= 4 is 11.8 Å². The highest BCUT2D eigenvalue weighted by molar-refractivity contribution is 5.79. The molecule has 0 spiro atoms. The fraction of sp³-hybridized carbons (Fsp3) is 0.867. The zero-order valence-corrected chi connectivity index (χ0v) is 13.4. The van der Waals surface area contributed by atoms with Crippen LogP contribution < -0.4 is 5.32 Å². The van der Waals surface area contributed by atoms with E-state index in [1.54, 1.807) is 0 Å². The average Bonchev–Trinajstić information content (AvgIpc) is 2.35. The smallest absolute Gasteiger partial charge is 0.246 e. The van der Waals surface area contributed by atoms with Crippen molar-refractivity contribution in [1.82, 2.24) is 10.2 Å². The molecule has 0 aromatic carbocycles. The minimum absolute atomic E-state index is 0.0429. The van der Waals surface area contributed by atoms with Crippen molar-refractivity contribution in [2.75, 3.05) is 19.7 Å². The molecule has 1 saturated heterocycles. The van der Waals surface area contributed by atoms with Gasteiger partial charge in [-0.15, -0.1) is 0 Å². The topological polar surface area (TPSA) is 58.6 Å². The first-order valence-corrected chi connectivity index (χ1v) is 7.41. The fourth-order valence-electron chi connectivity index (χ4n) is 2.16. The molecule has 1 N–H and O–H groups in total. The number of hydrogen-bond acceptors (Lipinski definition) is 3. The van der Waals surface area contributed by atoms with E-state index in [9.17, 15) is 9.59 Å². The predicted molar refractivity (Wildman–Crippen MR) is 78.3 cm³/mol. The quantitative estimate of drug-likeness (QED) is 0.852. The first kappa shape index (κ1) is 17.0. The Morgan fingerprint density at radius 1 is 1.25 bits per heavy atom. The Balaban J connectivity index is 2.29. The van der Waals surface area contributed by atoms with Crippen molar-refractivity contribution in [3.05, 3.63) is 0 Å². The van der Waals surface area contributed by atoms with Gasteiger partial charge in [0.05, 0.1) is 5.60 Å². The molecule has 2 amide bonds. The summed E-state index contributed by atoms with van der Waals surface area (Å²) >= 11 is 0. The van der Waals surface area contributed by atoms with E-state index in [1.807, 2.05) is 39.5 Å². The van der Waals surface area contributed by atoms with Crippen molar-refractivity contribution in [3.8, 4) is 0 Å². The van der Waals surface area contributed by atoms with Gasteiger partial charge in [-0.3, -0.25) is 9.59 Å². The Morgan fingerprint density at radius 2 is 1.80 bits per heavy atom. The molecule has 1 aliphatic heterocycles. The Hall–Kier alpha value is -1.10. The third kappa shape index (κ3) is 5.90. The summed E-state index contributed by atoms with van der Waals surface area (Å²) in [6, 6.07) is 0.155. The minimum atomic E-state index is -0.301. The lowest BCUT2D eigenvalue weighted by Gasteiger charge is -2.33. The fourth-order valence-corrected chi connectivity index (χ4v) is 2.16. The molecule has 0 aromatic heterocycles. The molecule has 116 valence electrons. The molecule has 1 aliphatic rings. The summed E-state index contributed by atoms with van der Waals surface area (Å²) in [6.07, 6.45) is 1.64. The lowest BCUT2D eigenvalue weighted by Crippen LogP contribution is -2.48.